The molecule has 1 aliphatic rings. The minimum absolute atomic E-state index is 0.455. The predicted octanol–water partition coefficient (Wildman–Crippen LogP) is 2.58. The van der Waals surface area contributed by atoms with Gasteiger partial charge in [0.2, 0.25) is 0 Å². The van der Waals surface area contributed by atoms with Gasteiger partial charge in [-0.1, -0.05) is 0 Å². The summed E-state index contributed by atoms with van der Waals surface area (Å²) in [4.78, 5) is 0. The molecule has 0 aliphatic heterocycles. The molecule has 2 nitrogen and oxygen atoms in total. The third-order valence-electron chi connectivity index (χ3n) is 3.82. The van der Waals surface area contributed by atoms with Gasteiger partial charge in [-0.15, -0.1) is 0 Å². The van der Waals surface area contributed by atoms with Gasteiger partial charge in [0.1, 0.15) is 0 Å². The van der Waals surface area contributed by atoms with E-state index in [2.05, 4.69) is 39.1 Å². The summed E-state index contributed by atoms with van der Waals surface area (Å²) < 4.78 is 5.08. The molecule has 0 aromatic carbocycles. The van der Waals surface area contributed by atoms with Crippen LogP contribution in [0.5, 0.6) is 0 Å². The van der Waals surface area contributed by atoms with E-state index in [9.17, 15) is 0 Å². The Morgan fingerprint density at radius 2 is 2.22 bits per heavy atom. The molecule has 0 spiro atoms. The first-order valence-electron chi connectivity index (χ1n) is 6.92. The zero-order chi connectivity index (χ0) is 13.3. The molecule has 0 fully saturated rings. The van der Waals surface area contributed by atoms with E-state index in [1.807, 2.05) is 0 Å². The van der Waals surface area contributed by atoms with Crippen LogP contribution in [0.4, 0.5) is 0 Å². The molecule has 0 saturated heterocycles. The second-order valence-corrected chi connectivity index (χ2v) is 10.3. The monoisotopic (exact) mass is 352 g/mol. The number of rotatable bonds is 4. The number of aryl methyl sites for hydroxylation is 1. The van der Waals surface area contributed by atoms with Gasteiger partial charge in [-0.05, 0) is 0 Å². The molecule has 0 unspecified atom stereocenters. The normalized spacial score (nSPS) is 17.6. The van der Waals surface area contributed by atoms with Crippen LogP contribution in [0.25, 0.3) is 0 Å². The second-order valence-electron chi connectivity index (χ2n) is 6.22. The van der Waals surface area contributed by atoms with Gasteiger partial charge in [0.15, 0.2) is 0 Å². The number of allylic oxidation sites excluding steroid dienone is 1. The van der Waals surface area contributed by atoms with Crippen molar-refractivity contribution in [3.05, 3.63) is 21.4 Å². The van der Waals surface area contributed by atoms with Crippen molar-refractivity contribution in [2.45, 2.75) is 52.9 Å². The quantitative estimate of drug-likeness (QED) is 0.763. The standard InChI is InChI=1S/C10H15N2.C5H9.Sn/c1-10(2)5-4-9-8(6-10)7-11-12(9)3;1-3-5-4-2;/h4-6H2,1-3H3;1,4-5H2,2H3;. The van der Waals surface area contributed by atoms with Gasteiger partial charge < -0.3 is 0 Å². The fourth-order valence-electron chi connectivity index (χ4n) is 2.76. The van der Waals surface area contributed by atoms with E-state index in [1.54, 1.807) is 5.56 Å². The first-order chi connectivity index (χ1) is 8.43. The summed E-state index contributed by atoms with van der Waals surface area (Å²) in [6.07, 6.45) is 6.12. The van der Waals surface area contributed by atoms with Crippen LogP contribution in [0.2, 0.25) is 0 Å². The van der Waals surface area contributed by atoms with Crippen molar-refractivity contribution >= 4 is 24.9 Å². The van der Waals surface area contributed by atoms with Gasteiger partial charge >= 0.3 is 121 Å². The van der Waals surface area contributed by atoms with Crippen molar-refractivity contribution in [1.29, 1.82) is 0 Å². The summed E-state index contributed by atoms with van der Waals surface area (Å²) in [6.45, 7) is 11.3. The van der Waals surface area contributed by atoms with Gasteiger partial charge in [0.25, 0.3) is 0 Å². The molecule has 0 N–H and O–H groups in total. The average Bonchev–Trinajstić information content (AvgIpc) is 2.54. The van der Waals surface area contributed by atoms with E-state index < -0.39 is 21.1 Å². The minimum atomic E-state index is -0.692. The van der Waals surface area contributed by atoms with Crippen LogP contribution in [0.3, 0.4) is 0 Å². The Morgan fingerprint density at radius 3 is 2.89 bits per heavy atom. The van der Waals surface area contributed by atoms with Crippen molar-refractivity contribution in [3.8, 4) is 0 Å². The Kier molecular flexibility index (Phi) is 4.25. The van der Waals surface area contributed by atoms with Gasteiger partial charge in [0.05, 0.1) is 0 Å². The second kappa shape index (κ2) is 5.39. The van der Waals surface area contributed by atoms with E-state index in [4.69, 9.17) is 5.10 Å². The third kappa shape index (κ3) is 3.01. The van der Waals surface area contributed by atoms with E-state index in [1.165, 1.54) is 45.1 Å². The number of hydrogen-bond donors (Lipinski definition) is 0. The molecule has 1 heterocycles. The van der Waals surface area contributed by atoms with Gasteiger partial charge in [-0.3, -0.25) is 0 Å². The van der Waals surface area contributed by atoms with Crippen molar-refractivity contribution in [3.63, 3.8) is 0 Å². The van der Waals surface area contributed by atoms with Crippen LogP contribution in [-0.2, 0) is 19.9 Å². The first kappa shape index (κ1) is 14.2. The van der Waals surface area contributed by atoms with Gasteiger partial charge in [-0.25, -0.2) is 0 Å². The zero-order valence-corrected chi connectivity index (χ0v) is 15.0. The van der Waals surface area contributed by atoms with E-state index in [-0.39, 0.29) is 0 Å². The molecule has 3 heteroatoms. The summed E-state index contributed by atoms with van der Waals surface area (Å²) in [7, 11) is 2.11. The van der Waals surface area contributed by atoms with E-state index in [0.717, 1.165) is 0 Å². The van der Waals surface area contributed by atoms with Gasteiger partial charge in [-0.2, -0.15) is 0 Å². The van der Waals surface area contributed by atoms with Crippen molar-refractivity contribution in [2.75, 3.05) is 0 Å². The summed E-state index contributed by atoms with van der Waals surface area (Å²) in [5.41, 5.74) is 3.53. The first-order valence-corrected chi connectivity index (χ1v) is 9.78. The van der Waals surface area contributed by atoms with E-state index >= 15 is 0 Å². The van der Waals surface area contributed by atoms with Crippen LogP contribution in [0.15, 0.2) is 10.2 Å². The molecular formula is C15H24N2Sn. The zero-order valence-electron chi connectivity index (χ0n) is 12.1. The molecule has 0 amide bonds. The number of nitrogens with zero attached hydrogens (tertiary/aromatic N) is 2. The van der Waals surface area contributed by atoms with Crippen molar-refractivity contribution in [1.82, 2.24) is 9.78 Å². The van der Waals surface area contributed by atoms with Crippen LogP contribution < -0.4 is 3.71 Å². The summed E-state index contributed by atoms with van der Waals surface area (Å²) in [5.74, 6) is 0. The fraction of sp³-hybridized carbons (Fsp3) is 0.667. The molecule has 2 rings (SSSR count). The third-order valence-corrected chi connectivity index (χ3v) is 7.36. The maximum atomic E-state index is 4.81. The molecule has 18 heavy (non-hydrogen) atoms. The Labute approximate surface area is 121 Å². The van der Waals surface area contributed by atoms with Gasteiger partial charge in [0, 0.05) is 0 Å². The Bertz CT molecular complexity index is 457. The van der Waals surface area contributed by atoms with Crippen LogP contribution in [0, 0.1) is 5.41 Å². The molecular weight excluding hydrogens is 327 g/mol. The molecule has 1 aromatic heterocycles. The molecule has 0 bridgehead atoms. The average molecular weight is 351 g/mol. The molecule has 0 saturated carbocycles. The Balaban J connectivity index is 2.25. The molecule has 98 valence electrons. The van der Waals surface area contributed by atoms with Crippen LogP contribution in [-0.4, -0.2) is 30.9 Å². The maximum absolute atomic E-state index is 4.81. The summed E-state index contributed by atoms with van der Waals surface area (Å²) >= 11 is -0.692. The fourth-order valence-corrected chi connectivity index (χ4v) is 6.45. The summed E-state index contributed by atoms with van der Waals surface area (Å²) in [5, 5.41) is 4.81. The predicted molar refractivity (Wildman–Crippen MR) is 78.5 cm³/mol. The van der Waals surface area contributed by atoms with E-state index in [0.29, 0.717) is 5.41 Å². The van der Waals surface area contributed by atoms with Crippen LogP contribution in [0.1, 0.15) is 51.3 Å². The molecule has 1 aliphatic carbocycles. The number of hydrogen-bond acceptors (Lipinski definition) is 1. The Hall–Kier alpha value is -0.251. The molecule has 0 atom stereocenters. The number of aromatic nitrogens is 2. The topological polar surface area (TPSA) is 17.8 Å². The molecule has 2 radical (unpaired) electrons. The van der Waals surface area contributed by atoms with Crippen LogP contribution >= 0.6 is 0 Å². The van der Waals surface area contributed by atoms with Crippen molar-refractivity contribution < 1.29 is 0 Å². The Morgan fingerprint density at radius 1 is 1.50 bits per heavy atom. The SMILES string of the molecule is C=[C](CCC)[Sn][c]1nn(C)c2c1CC(C)(C)CC2. The molecule has 1 aromatic rings. The summed E-state index contributed by atoms with van der Waals surface area (Å²) in [6, 6.07) is 0. The number of fused-ring (bicyclic) bond motifs is 1. The van der Waals surface area contributed by atoms with Crippen molar-refractivity contribution in [2.24, 2.45) is 12.5 Å².